The summed E-state index contributed by atoms with van der Waals surface area (Å²) in [6, 6.07) is 1.41. The van der Waals surface area contributed by atoms with Crippen molar-refractivity contribution in [3.63, 3.8) is 0 Å². The molecule has 1 heterocycles. The summed E-state index contributed by atoms with van der Waals surface area (Å²) in [7, 11) is 1.47. The molecular formula is C15H17F2NO3. The number of carboxylic acids is 1. The number of aromatic nitrogens is 1. The monoisotopic (exact) mass is 297 g/mol. The van der Waals surface area contributed by atoms with Gasteiger partial charge in [0, 0.05) is 18.4 Å². The summed E-state index contributed by atoms with van der Waals surface area (Å²) in [5, 5.41) is 8.94. The van der Waals surface area contributed by atoms with Gasteiger partial charge in [-0.25, -0.2) is 18.6 Å². The highest BCUT2D eigenvalue weighted by Crippen LogP contribution is 2.37. The minimum absolute atomic E-state index is 0.0781. The number of aromatic carboxylic acids is 1. The molecule has 1 fully saturated rings. The zero-order valence-corrected chi connectivity index (χ0v) is 11.7. The number of ether oxygens (including phenoxy) is 1. The maximum Gasteiger partial charge on any atom is 0.354 e. The van der Waals surface area contributed by atoms with Crippen LogP contribution in [0.25, 0.3) is 6.08 Å². The summed E-state index contributed by atoms with van der Waals surface area (Å²) in [5.74, 6) is -3.13. The number of pyridine rings is 1. The molecular weight excluding hydrogens is 280 g/mol. The number of methoxy groups -OCH3 is 1. The second kappa shape index (κ2) is 6.20. The van der Waals surface area contributed by atoms with E-state index < -0.39 is 11.9 Å². The van der Waals surface area contributed by atoms with Crippen LogP contribution in [-0.4, -0.2) is 29.1 Å². The molecule has 21 heavy (non-hydrogen) atoms. The van der Waals surface area contributed by atoms with Crippen LogP contribution in [0.2, 0.25) is 0 Å². The van der Waals surface area contributed by atoms with Crippen LogP contribution in [0.4, 0.5) is 8.78 Å². The van der Waals surface area contributed by atoms with Crippen LogP contribution in [0.3, 0.4) is 0 Å². The first-order valence-electron chi connectivity index (χ1n) is 6.74. The smallest absolute Gasteiger partial charge is 0.354 e. The minimum Gasteiger partial charge on any atom is -0.495 e. The molecule has 0 atom stereocenters. The third-order valence-corrected chi connectivity index (χ3v) is 3.65. The Balaban J connectivity index is 2.13. The normalized spacial score (nSPS) is 18.8. The summed E-state index contributed by atoms with van der Waals surface area (Å²) in [4.78, 5) is 14.7. The van der Waals surface area contributed by atoms with Crippen LogP contribution in [0.15, 0.2) is 18.3 Å². The largest absolute Gasteiger partial charge is 0.495 e. The molecule has 114 valence electrons. The topological polar surface area (TPSA) is 59.4 Å². The predicted molar refractivity (Wildman–Crippen MR) is 73.7 cm³/mol. The van der Waals surface area contributed by atoms with Crippen molar-refractivity contribution in [3.05, 3.63) is 29.6 Å². The zero-order valence-electron chi connectivity index (χ0n) is 11.7. The Labute approximate surface area is 121 Å². The molecule has 2 rings (SSSR count). The molecule has 1 saturated carbocycles. The van der Waals surface area contributed by atoms with Gasteiger partial charge in [-0.1, -0.05) is 12.2 Å². The van der Waals surface area contributed by atoms with E-state index in [1.165, 1.54) is 19.4 Å². The van der Waals surface area contributed by atoms with Gasteiger partial charge in [-0.05, 0) is 24.8 Å². The lowest BCUT2D eigenvalue weighted by molar-refractivity contribution is -0.0410. The van der Waals surface area contributed by atoms with E-state index in [1.807, 2.05) is 6.08 Å². The molecule has 1 aliphatic rings. The summed E-state index contributed by atoms with van der Waals surface area (Å²) in [6.45, 7) is 0. The van der Waals surface area contributed by atoms with Crippen LogP contribution in [0.1, 0.15) is 41.7 Å². The van der Waals surface area contributed by atoms with Gasteiger partial charge in [0.15, 0.2) is 0 Å². The molecule has 6 heteroatoms. The maximum absolute atomic E-state index is 13.1. The second-order valence-electron chi connectivity index (χ2n) is 5.17. The molecule has 0 bridgehead atoms. The molecule has 0 spiro atoms. The summed E-state index contributed by atoms with van der Waals surface area (Å²) in [6.07, 6.45) is 5.58. The fourth-order valence-electron chi connectivity index (χ4n) is 2.37. The number of carboxylic acid groups (broad SMARTS) is 1. The molecule has 1 aromatic heterocycles. The lowest BCUT2D eigenvalue weighted by atomic mass is 9.86. The van der Waals surface area contributed by atoms with Crippen molar-refractivity contribution in [2.75, 3.05) is 7.11 Å². The van der Waals surface area contributed by atoms with Crippen molar-refractivity contribution in [3.8, 4) is 5.75 Å². The molecule has 0 radical (unpaired) electrons. The lowest BCUT2D eigenvalue weighted by Gasteiger charge is -2.26. The van der Waals surface area contributed by atoms with Crippen LogP contribution in [-0.2, 0) is 0 Å². The van der Waals surface area contributed by atoms with E-state index in [4.69, 9.17) is 9.84 Å². The SMILES string of the molecule is COc1cnc(C(=O)O)cc1/C=C/C1CCC(F)(F)CC1. The van der Waals surface area contributed by atoms with Crippen molar-refractivity contribution in [1.29, 1.82) is 0 Å². The van der Waals surface area contributed by atoms with Gasteiger partial charge in [0.1, 0.15) is 11.4 Å². The van der Waals surface area contributed by atoms with Crippen molar-refractivity contribution in [1.82, 2.24) is 4.98 Å². The van der Waals surface area contributed by atoms with E-state index in [0.29, 0.717) is 24.2 Å². The molecule has 0 aromatic carbocycles. The van der Waals surface area contributed by atoms with Gasteiger partial charge in [0.05, 0.1) is 13.3 Å². The summed E-state index contributed by atoms with van der Waals surface area (Å²) >= 11 is 0. The highest BCUT2D eigenvalue weighted by molar-refractivity contribution is 5.86. The zero-order chi connectivity index (χ0) is 15.5. The maximum atomic E-state index is 13.1. The van der Waals surface area contributed by atoms with Gasteiger partial charge in [0.25, 0.3) is 0 Å². The van der Waals surface area contributed by atoms with Gasteiger partial charge in [0.2, 0.25) is 5.92 Å². The fraction of sp³-hybridized carbons (Fsp3) is 0.467. The molecule has 1 aromatic rings. The first-order chi connectivity index (χ1) is 9.91. The molecule has 0 amide bonds. The van der Waals surface area contributed by atoms with Gasteiger partial charge in [-0.3, -0.25) is 0 Å². The second-order valence-corrected chi connectivity index (χ2v) is 5.17. The number of alkyl halides is 2. The van der Waals surface area contributed by atoms with Gasteiger partial charge < -0.3 is 9.84 Å². The van der Waals surface area contributed by atoms with Gasteiger partial charge >= 0.3 is 5.97 Å². The summed E-state index contributed by atoms with van der Waals surface area (Å²) < 4.78 is 31.3. The number of hydrogen-bond donors (Lipinski definition) is 1. The molecule has 1 aliphatic carbocycles. The first kappa shape index (κ1) is 15.4. The standard InChI is InChI=1S/C15H17F2NO3/c1-21-13-9-18-12(14(19)20)8-11(13)3-2-10-4-6-15(16,17)7-5-10/h2-3,8-10H,4-7H2,1H3,(H,19,20)/b3-2+. The Morgan fingerprint density at radius 3 is 2.71 bits per heavy atom. The molecule has 1 N–H and O–H groups in total. The fourth-order valence-corrected chi connectivity index (χ4v) is 2.37. The Bertz CT molecular complexity index is 548. The van der Waals surface area contributed by atoms with Crippen LogP contribution >= 0.6 is 0 Å². The van der Waals surface area contributed by atoms with Gasteiger partial charge in [-0.2, -0.15) is 0 Å². The number of allylic oxidation sites excluding steroid dienone is 1. The lowest BCUT2D eigenvalue weighted by Crippen LogP contribution is -2.23. The first-order valence-corrected chi connectivity index (χ1v) is 6.74. The van der Waals surface area contributed by atoms with Crippen molar-refractivity contribution >= 4 is 12.0 Å². The van der Waals surface area contributed by atoms with Crippen LogP contribution in [0, 0.1) is 5.92 Å². The van der Waals surface area contributed by atoms with Gasteiger partial charge in [-0.15, -0.1) is 0 Å². The summed E-state index contributed by atoms with van der Waals surface area (Å²) in [5.41, 5.74) is 0.507. The van der Waals surface area contributed by atoms with Crippen molar-refractivity contribution in [2.24, 2.45) is 5.92 Å². The predicted octanol–water partition coefficient (Wildman–Crippen LogP) is 3.63. The Morgan fingerprint density at radius 2 is 2.14 bits per heavy atom. The highest BCUT2D eigenvalue weighted by atomic mass is 19.3. The minimum atomic E-state index is -2.55. The average Bonchev–Trinajstić information content (AvgIpc) is 2.45. The highest BCUT2D eigenvalue weighted by Gasteiger charge is 2.33. The third kappa shape index (κ3) is 4.00. The quantitative estimate of drug-likeness (QED) is 0.922. The van der Waals surface area contributed by atoms with E-state index in [1.54, 1.807) is 6.08 Å². The van der Waals surface area contributed by atoms with Crippen LogP contribution in [0.5, 0.6) is 5.75 Å². The Morgan fingerprint density at radius 1 is 1.48 bits per heavy atom. The van der Waals surface area contributed by atoms with E-state index in [9.17, 15) is 13.6 Å². The molecule has 4 nitrogen and oxygen atoms in total. The van der Waals surface area contributed by atoms with E-state index >= 15 is 0 Å². The molecule has 0 unspecified atom stereocenters. The van der Waals surface area contributed by atoms with E-state index in [0.717, 1.165) is 0 Å². The number of rotatable bonds is 4. The number of halogens is 2. The Hall–Kier alpha value is -1.98. The Kier molecular flexibility index (Phi) is 4.55. The van der Waals surface area contributed by atoms with Crippen LogP contribution < -0.4 is 4.74 Å². The molecule has 0 saturated heterocycles. The van der Waals surface area contributed by atoms with E-state index in [2.05, 4.69) is 4.98 Å². The number of hydrogen-bond acceptors (Lipinski definition) is 3. The third-order valence-electron chi connectivity index (χ3n) is 3.65. The molecule has 0 aliphatic heterocycles. The average molecular weight is 297 g/mol. The van der Waals surface area contributed by atoms with E-state index in [-0.39, 0.29) is 24.5 Å². The number of carbonyl (C=O) groups is 1. The van der Waals surface area contributed by atoms with Crippen molar-refractivity contribution < 1.29 is 23.4 Å². The number of nitrogens with zero attached hydrogens (tertiary/aromatic N) is 1. The van der Waals surface area contributed by atoms with Crippen molar-refractivity contribution in [2.45, 2.75) is 31.6 Å².